The predicted molar refractivity (Wildman–Crippen MR) is 77.0 cm³/mol. The second-order valence-corrected chi connectivity index (χ2v) is 4.71. The first kappa shape index (κ1) is 13.7. The fourth-order valence-corrected chi connectivity index (χ4v) is 1.97. The summed E-state index contributed by atoms with van der Waals surface area (Å²) in [5.74, 6) is -1.36. The molecule has 0 bridgehead atoms. The van der Waals surface area contributed by atoms with E-state index in [4.69, 9.17) is 29.6 Å². The zero-order chi connectivity index (χ0) is 14.0. The van der Waals surface area contributed by atoms with E-state index in [9.17, 15) is 8.78 Å². The van der Waals surface area contributed by atoms with Gasteiger partial charge in [-0.05, 0) is 30.3 Å². The molecule has 0 radical (unpaired) electrons. The maximum atomic E-state index is 13.1. The topological polar surface area (TPSA) is 38.0 Å². The van der Waals surface area contributed by atoms with Crippen LogP contribution in [0.25, 0.3) is 0 Å². The zero-order valence-corrected chi connectivity index (χ0v) is 11.2. The molecule has 0 saturated carbocycles. The smallest absolute Gasteiger partial charge is 0.128 e. The number of hydrogen-bond acceptors (Lipinski definition) is 2. The van der Waals surface area contributed by atoms with Crippen molar-refractivity contribution in [3.63, 3.8) is 0 Å². The van der Waals surface area contributed by atoms with Crippen molar-refractivity contribution in [3.8, 4) is 0 Å². The van der Waals surface area contributed by atoms with Crippen molar-refractivity contribution < 1.29 is 8.78 Å². The Labute approximate surface area is 119 Å². The molecule has 0 saturated heterocycles. The molecule has 0 aliphatic carbocycles. The Hall–Kier alpha value is -1.72. The third-order valence-corrected chi connectivity index (χ3v) is 2.84. The van der Waals surface area contributed by atoms with Crippen LogP contribution in [0, 0.1) is 11.6 Å². The Morgan fingerprint density at radius 2 is 1.74 bits per heavy atom. The summed E-state index contributed by atoms with van der Waals surface area (Å²) in [5.41, 5.74) is 6.86. The van der Waals surface area contributed by atoms with Crippen LogP contribution in [0.15, 0.2) is 36.4 Å². The summed E-state index contributed by atoms with van der Waals surface area (Å²) in [5, 5.41) is 3.30. The molecule has 0 fully saturated rings. The molecule has 0 atom stereocenters. The van der Waals surface area contributed by atoms with Gasteiger partial charge in [0.2, 0.25) is 0 Å². The molecule has 2 aromatic rings. The van der Waals surface area contributed by atoms with E-state index >= 15 is 0 Å². The standard InChI is InChI=1S/C13H9ClF2N2S/c14-7-1-2-11(13(17)19)12(3-7)18-10-5-8(15)4-9(16)6-10/h1-6,18H,(H2,17,19). The number of anilines is 2. The molecule has 0 aromatic heterocycles. The Morgan fingerprint density at radius 1 is 1.11 bits per heavy atom. The first-order chi connectivity index (χ1) is 8.95. The van der Waals surface area contributed by atoms with Gasteiger partial charge in [-0.2, -0.15) is 0 Å². The fraction of sp³-hybridized carbons (Fsp3) is 0. The summed E-state index contributed by atoms with van der Waals surface area (Å²) < 4.78 is 26.2. The highest BCUT2D eigenvalue weighted by Gasteiger charge is 2.08. The summed E-state index contributed by atoms with van der Waals surface area (Å²) in [6.07, 6.45) is 0. The molecule has 0 heterocycles. The van der Waals surface area contributed by atoms with Crippen LogP contribution in [0.3, 0.4) is 0 Å². The molecule has 0 aliphatic rings. The van der Waals surface area contributed by atoms with E-state index < -0.39 is 11.6 Å². The Kier molecular flexibility index (Phi) is 3.97. The molecule has 0 unspecified atom stereocenters. The lowest BCUT2D eigenvalue weighted by Gasteiger charge is -2.12. The normalized spacial score (nSPS) is 10.3. The number of hydrogen-bond donors (Lipinski definition) is 2. The van der Waals surface area contributed by atoms with Crippen molar-refractivity contribution in [2.75, 3.05) is 5.32 Å². The maximum Gasteiger partial charge on any atom is 0.128 e. The van der Waals surface area contributed by atoms with Gasteiger partial charge in [-0.1, -0.05) is 23.8 Å². The average Bonchev–Trinajstić information content (AvgIpc) is 2.26. The summed E-state index contributed by atoms with van der Waals surface area (Å²) in [7, 11) is 0. The highest BCUT2D eigenvalue weighted by Crippen LogP contribution is 2.25. The van der Waals surface area contributed by atoms with Gasteiger partial charge in [-0.3, -0.25) is 0 Å². The van der Waals surface area contributed by atoms with Crippen LogP contribution < -0.4 is 11.1 Å². The number of nitrogens with one attached hydrogen (secondary N) is 1. The van der Waals surface area contributed by atoms with E-state index in [0.29, 0.717) is 16.3 Å². The monoisotopic (exact) mass is 298 g/mol. The first-order valence-corrected chi connectivity index (χ1v) is 6.07. The third-order valence-electron chi connectivity index (χ3n) is 2.39. The van der Waals surface area contributed by atoms with Crippen LogP contribution in [-0.2, 0) is 0 Å². The number of benzene rings is 2. The van der Waals surface area contributed by atoms with Crippen molar-refractivity contribution in [2.45, 2.75) is 0 Å². The second-order valence-electron chi connectivity index (χ2n) is 3.84. The Bertz CT molecular complexity index is 626. The van der Waals surface area contributed by atoms with Gasteiger partial charge in [0.05, 0.1) is 5.69 Å². The molecule has 19 heavy (non-hydrogen) atoms. The summed E-state index contributed by atoms with van der Waals surface area (Å²) in [4.78, 5) is 0.163. The number of halogens is 3. The van der Waals surface area contributed by atoms with E-state index in [1.807, 2.05) is 0 Å². The van der Waals surface area contributed by atoms with Crippen molar-refractivity contribution in [2.24, 2.45) is 5.73 Å². The van der Waals surface area contributed by atoms with E-state index in [-0.39, 0.29) is 10.7 Å². The minimum atomic E-state index is -0.679. The third kappa shape index (κ3) is 3.39. The lowest BCUT2D eigenvalue weighted by Crippen LogP contribution is -2.11. The summed E-state index contributed by atoms with van der Waals surface area (Å²) in [6, 6.07) is 7.97. The summed E-state index contributed by atoms with van der Waals surface area (Å²) >= 11 is 10.8. The Morgan fingerprint density at radius 3 is 2.32 bits per heavy atom. The van der Waals surface area contributed by atoms with Crippen molar-refractivity contribution >= 4 is 40.2 Å². The quantitative estimate of drug-likeness (QED) is 0.841. The number of thiocarbonyl (C=S) groups is 1. The van der Waals surface area contributed by atoms with Crippen molar-refractivity contribution in [3.05, 3.63) is 58.6 Å². The van der Waals surface area contributed by atoms with Gasteiger partial charge in [0.15, 0.2) is 0 Å². The average molecular weight is 299 g/mol. The Balaban J connectivity index is 2.42. The summed E-state index contributed by atoms with van der Waals surface area (Å²) in [6.45, 7) is 0. The molecule has 0 amide bonds. The van der Waals surface area contributed by atoms with Gasteiger partial charge >= 0.3 is 0 Å². The van der Waals surface area contributed by atoms with E-state index in [1.165, 1.54) is 0 Å². The van der Waals surface area contributed by atoms with Gasteiger partial charge in [0.1, 0.15) is 16.6 Å². The van der Waals surface area contributed by atoms with Crippen LogP contribution in [0.5, 0.6) is 0 Å². The van der Waals surface area contributed by atoms with Gasteiger partial charge in [-0.25, -0.2) is 8.78 Å². The van der Waals surface area contributed by atoms with Gasteiger partial charge in [0, 0.05) is 22.3 Å². The SMILES string of the molecule is NC(=S)c1ccc(Cl)cc1Nc1cc(F)cc(F)c1. The minimum absolute atomic E-state index is 0.163. The van der Waals surface area contributed by atoms with Crippen LogP contribution in [0.2, 0.25) is 5.02 Å². The molecule has 2 rings (SSSR count). The molecule has 2 aromatic carbocycles. The van der Waals surface area contributed by atoms with E-state index in [2.05, 4.69) is 5.32 Å². The van der Waals surface area contributed by atoms with E-state index in [0.717, 1.165) is 18.2 Å². The fourth-order valence-electron chi connectivity index (χ4n) is 1.62. The maximum absolute atomic E-state index is 13.1. The molecule has 98 valence electrons. The molecular formula is C13H9ClF2N2S. The lowest BCUT2D eigenvalue weighted by molar-refractivity contribution is 0.584. The number of nitrogens with two attached hydrogens (primary N) is 1. The van der Waals surface area contributed by atoms with Crippen LogP contribution in [0.4, 0.5) is 20.2 Å². The van der Waals surface area contributed by atoms with Crippen molar-refractivity contribution in [1.29, 1.82) is 0 Å². The highest BCUT2D eigenvalue weighted by molar-refractivity contribution is 7.80. The largest absolute Gasteiger partial charge is 0.389 e. The first-order valence-electron chi connectivity index (χ1n) is 5.28. The zero-order valence-electron chi connectivity index (χ0n) is 9.58. The van der Waals surface area contributed by atoms with Gasteiger partial charge in [-0.15, -0.1) is 0 Å². The minimum Gasteiger partial charge on any atom is -0.389 e. The van der Waals surface area contributed by atoms with Crippen LogP contribution >= 0.6 is 23.8 Å². The predicted octanol–water partition coefficient (Wildman–Crippen LogP) is 4.00. The lowest BCUT2D eigenvalue weighted by atomic mass is 10.1. The van der Waals surface area contributed by atoms with E-state index in [1.54, 1.807) is 18.2 Å². The highest BCUT2D eigenvalue weighted by atomic mass is 35.5. The van der Waals surface area contributed by atoms with Crippen molar-refractivity contribution in [1.82, 2.24) is 0 Å². The van der Waals surface area contributed by atoms with Crippen LogP contribution in [-0.4, -0.2) is 4.99 Å². The molecular weight excluding hydrogens is 290 g/mol. The molecule has 0 aliphatic heterocycles. The molecule has 3 N–H and O–H groups in total. The van der Waals surface area contributed by atoms with Gasteiger partial charge in [0.25, 0.3) is 0 Å². The molecule has 2 nitrogen and oxygen atoms in total. The second kappa shape index (κ2) is 5.50. The van der Waals surface area contributed by atoms with Crippen LogP contribution in [0.1, 0.15) is 5.56 Å². The molecule has 0 spiro atoms. The van der Waals surface area contributed by atoms with Gasteiger partial charge < -0.3 is 11.1 Å². The number of rotatable bonds is 3. The molecule has 6 heteroatoms.